The highest BCUT2D eigenvalue weighted by Crippen LogP contribution is 2.37. The minimum absolute atomic E-state index is 0.0619. The summed E-state index contributed by atoms with van der Waals surface area (Å²) in [5, 5.41) is 26.6. The van der Waals surface area contributed by atoms with Gasteiger partial charge in [0.1, 0.15) is 16.7 Å². The van der Waals surface area contributed by atoms with Crippen molar-refractivity contribution >= 4 is 51.3 Å². The standard InChI is InChI=1S/C20H23ClN4O2S.C2H6/c1-11-12(2)28-20(18(11)19(24)14-5-7-15(21)8-6-14)25(13(3)22)16(23)9-10-17(26)27-4;1-2/h5-8,22-24H,9-10H2,1-4H3;1-2H3. The zero-order valence-corrected chi connectivity index (χ0v) is 19.8. The number of carbonyl (C=O) groups excluding carboxylic acids is 1. The van der Waals surface area contributed by atoms with Gasteiger partial charge in [-0.2, -0.15) is 0 Å². The first-order valence-electron chi connectivity index (χ1n) is 9.61. The molecule has 0 saturated carbocycles. The Labute approximate surface area is 187 Å². The van der Waals surface area contributed by atoms with Gasteiger partial charge in [-0.15, -0.1) is 11.3 Å². The van der Waals surface area contributed by atoms with Crippen LogP contribution in [0.3, 0.4) is 0 Å². The molecule has 0 unspecified atom stereocenters. The molecular weight excluding hydrogens is 420 g/mol. The molecule has 0 fully saturated rings. The summed E-state index contributed by atoms with van der Waals surface area (Å²) in [6.07, 6.45) is 0.207. The van der Waals surface area contributed by atoms with Crippen LogP contribution >= 0.6 is 22.9 Å². The predicted molar refractivity (Wildman–Crippen MR) is 127 cm³/mol. The van der Waals surface area contributed by atoms with E-state index in [0.717, 1.165) is 10.4 Å². The third kappa shape index (κ3) is 6.00. The van der Waals surface area contributed by atoms with E-state index >= 15 is 0 Å². The van der Waals surface area contributed by atoms with Crippen molar-refractivity contribution in [3.8, 4) is 0 Å². The van der Waals surface area contributed by atoms with Gasteiger partial charge in [0, 0.05) is 27.4 Å². The maximum absolute atomic E-state index is 11.5. The number of aryl methyl sites for hydroxylation is 1. The zero-order valence-electron chi connectivity index (χ0n) is 18.3. The summed E-state index contributed by atoms with van der Waals surface area (Å²) in [7, 11) is 1.31. The lowest BCUT2D eigenvalue weighted by atomic mass is 10.00. The van der Waals surface area contributed by atoms with Gasteiger partial charge in [-0.25, -0.2) is 0 Å². The van der Waals surface area contributed by atoms with E-state index in [1.807, 2.05) is 27.7 Å². The summed E-state index contributed by atoms with van der Waals surface area (Å²) >= 11 is 7.40. The number of amidine groups is 2. The molecule has 3 N–H and O–H groups in total. The fourth-order valence-electron chi connectivity index (χ4n) is 2.73. The summed E-state index contributed by atoms with van der Waals surface area (Å²) in [6, 6.07) is 7.03. The average molecular weight is 449 g/mol. The lowest BCUT2D eigenvalue weighted by molar-refractivity contribution is -0.140. The Morgan fingerprint density at radius 1 is 1.10 bits per heavy atom. The van der Waals surface area contributed by atoms with Crippen LogP contribution in [0.25, 0.3) is 0 Å². The molecule has 2 rings (SSSR count). The first-order valence-corrected chi connectivity index (χ1v) is 10.8. The highest BCUT2D eigenvalue weighted by molar-refractivity contribution is 7.17. The Hall–Kier alpha value is -2.51. The van der Waals surface area contributed by atoms with Crippen LogP contribution in [0.15, 0.2) is 24.3 Å². The second-order valence-corrected chi connectivity index (χ2v) is 7.93. The molecule has 1 aromatic heterocycles. The van der Waals surface area contributed by atoms with Gasteiger partial charge in [-0.3, -0.25) is 25.9 Å². The zero-order chi connectivity index (χ0) is 23.0. The Morgan fingerprint density at radius 2 is 1.67 bits per heavy atom. The van der Waals surface area contributed by atoms with Crippen molar-refractivity contribution in [2.45, 2.75) is 47.5 Å². The van der Waals surface area contributed by atoms with Crippen LogP contribution < -0.4 is 4.90 Å². The van der Waals surface area contributed by atoms with E-state index in [1.54, 1.807) is 31.2 Å². The van der Waals surface area contributed by atoms with Crippen molar-refractivity contribution in [2.75, 3.05) is 12.0 Å². The molecule has 6 nitrogen and oxygen atoms in total. The molecule has 2 aromatic rings. The fraction of sp³-hybridized carbons (Fsp3) is 0.364. The average Bonchev–Trinajstić information content (AvgIpc) is 3.01. The van der Waals surface area contributed by atoms with Gasteiger partial charge in [-0.05, 0) is 38.5 Å². The number of hydrogen-bond donors (Lipinski definition) is 3. The number of carbonyl (C=O) groups is 1. The van der Waals surface area contributed by atoms with Crippen LogP contribution in [-0.4, -0.2) is 30.5 Å². The van der Waals surface area contributed by atoms with Gasteiger partial charge in [0.15, 0.2) is 0 Å². The predicted octanol–water partition coefficient (Wildman–Crippen LogP) is 6.19. The number of thiophene rings is 1. The summed E-state index contributed by atoms with van der Waals surface area (Å²) in [5.74, 6) is -0.134. The number of benzene rings is 1. The SMILES string of the molecule is CC.COC(=O)CCC(=N)N(C(C)=N)c1sc(C)c(C)c1C(=N)c1ccc(Cl)cc1. The summed E-state index contributed by atoms with van der Waals surface area (Å²) in [5.41, 5.74) is 2.63. The molecule has 0 spiro atoms. The maximum atomic E-state index is 11.5. The van der Waals surface area contributed by atoms with Crippen molar-refractivity contribution in [1.29, 1.82) is 16.2 Å². The number of anilines is 1. The molecule has 0 aliphatic heterocycles. The molecule has 0 saturated heterocycles. The topological polar surface area (TPSA) is 101 Å². The number of halogens is 1. The molecule has 162 valence electrons. The third-order valence-corrected chi connectivity index (χ3v) is 5.80. The van der Waals surface area contributed by atoms with Crippen molar-refractivity contribution < 1.29 is 9.53 Å². The van der Waals surface area contributed by atoms with E-state index in [4.69, 9.17) is 27.8 Å². The Morgan fingerprint density at radius 3 is 2.17 bits per heavy atom. The normalized spacial score (nSPS) is 9.97. The number of ether oxygens (including phenoxy) is 1. The minimum atomic E-state index is -0.403. The lowest BCUT2D eigenvalue weighted by Crippen LogP contribution is -2.35. The first-order chi connectivity index (χ1) is 14.2. The van der Waals surface area contributed by atoms with Gasteiger partial charge in [0.05, 0.1) is 19.2 Å². The molecule has 0 bridgehead atoms. The van der Waals surface area contributed by atoms with Crippen molar-refractivity contribution in [3.63, 3.8) is 0 Å². The molecule has 0 amide bonds. The van der Waals surface area contributed by atoms with E-state index < -0.39 is 5.97 Å². The van der Waals surface area contributed by atoms with Gasteiger partial charge in [0.25, 0.3) is 0 Å². The number of hydrogen-bond acceptors (Lipinski definition) is 6. The van der Waals surface area contributed by atoms with E-state index in [-0.39, 0.29) is 24.5 Å². The number of esters is 1. The third-order valence-electron chi connectivity index (χ3n) is 4.35. The molecule has 0 aliphatic rings. The van der Waals surface area contributed by atoms with Crippen LogP contribution in [0.4, 0.5) is 5.00 Å². The molecule has 1 heterocycles. The van der Waals surface area contributed by atoms with Gasteiger partial charge >= 0.3 is 5.97 Å². The number of methoxy groups -OCH3 is 1. The van der Waals surface area contributed by atoms with Gasteiger partial charge < -0.3 is 4.74 Å². The van der Waals surface area contributed by atoms with Crippen LogP contribution in [0.1, 0.15) is 55.2 Å². The largest absolute Gasteiger partial charge is 0.469 e. The highest BCUT2D eigenvalue weighted by atomic mass is 35.5. The smallest absolute Gasteiger partial charge is 0.305 e. The van der Waals surface area contributed by atoms with Gasteiger partial charge in [-0.1, -0.05) is 37.6 Å². The Bertz CT molecular complexity index is 935. The quantitative estimate of drug-likeness (QED) is 0.278. The molecule has 0 radical (unpaired) electrons. The lowest BCUT2D eigenvalue weighted by Gasteiger charge is -2.24. The molecule has 8 heteroatoms. The fourth-order valence-corrected chi connectivity index (χ4v) is 4.10. The molecule has 0 aliphatic carbocycles. The van der Waals surface area contributed by atoms with Crippen molar-refractivity contribution in [1.82, 2.24) is 0 Å². The van der Waals surface area contributed by atoms with E-state index in [0.29, 0.717) is 26.9 Å². The Kier molecular flexibility index (Phi) is 9.89. The minimum Gasteiger partial charge on any atom is -0.469 e. The highest BCUT2D eigenvalue weighted by Gasteiger charge is 2.26. The van der Waals surface area contributed by atoms with Crippen LogP contribution in [0.2, 0.25) is 5.02 Å². The monoisotopic (exact) mass is 448 g/mol. The van der Waals surface area contributed by atoms with Crippen molar-refractivity contribution in [2.24, 2.45) is 0 Å². The van der Waals surface area contributed by atoms with E-state index in [9.17, 15) is 4.79 Å². The summed E-state index contributed by atoms with van der Waals surface area (Å²) in [4.78, 5) is 14.0. The summed E-state index contributed by atoms with van der Waals surface area (Å²) in [6.45, 7) is 9.48. The maximum Gasteiger partial charge on any atom is 0.305 e. The number of nitrogens with zero attached hydrogens (tertiary/aromatic N) is 1. The van der Waals surface area contributed by atoms with Crippen molar-refractivity contribution in [3.05, 3.63) is 50.9 Å². The molecular formula is C22H29ClN4O2S. The van der Waals surface area contributed by atoms with Crippen LogP contribution in [0.5, 0.6) is 0 Å². The Balaban J connectivity index is 0.00000218. The van der Waals surface area contributed by atoms with Gasteiger partial charge in [0.2, 0.25) is 0 Å². The summed E-state index contributed by atoms with van der Waals surface area (Å²) < 4.78 is 4.65. The van der Waals surface area contributed by atoms with Crippen LogP contribution in [-0.2, 0) is 9.53 Å². The number of nitrogens with one attached hydrogen (secondary N) is 3. The second kappa shape index (κ2) is 11.6. The number of rotatable bonds is 6. The molecule has 1 aromatic carbocycles. The first kappa shape index (κ1) is 25.5. The van der Waals surface area contributed by atoms with E-state index in [2.05, 4.69) is 4.74 Å². The molecule has 30 heavy (non-hydrogen) atoms. The molecule has 0 atom stereocenters. The second-order valence-electron chi connectivity index (χ2n) is 6.29. The van der Waals surface area contributed by atoms with Crippen LogP contribution in [0, 0.1) is 30.1 Å². The van der Waals surface area contributed by atoms with E-state index in [1.165, 1.54) is 23.3 Å².